The molecule has 0 aliphatic heterocycles. The lowest BCUT2D eigenvalue weighted by Crippen LogP contribution is -2.48. The van der Waals surface area contributed by atoms with Crippen molar-refractivity contribution >= 4 is 47.0 Å². The molecule has 0 atom stereocenters. The second-order valence-electron chi connectivity index (χ2n) is 11.1. The topological polar surface area (TPSA) is 150 Å². The zero-order valence-corrected chi connectivity index (χ0v) is 26.9. The number of amides is 2. The Hall–Kier alpha value is -5.76. The summed E-state index contributed by atoms with van der Waals surface area (Å²) < 4.78 is 60.0. The first-order chi connectivity index (χ1) is 23.5. The van der Waals surface area contributed by atoms with Gasteiger partial charge in [0, 0.05) is 25.2 Å². The van der Waals surface area contributed by atoms with E-state index < -0.39 is 82.0 Å². The molecule has 4 aromatic rings. The minimum absolute atomic E-state index is 0.0570. The normalized spacial score (nSPS) is 11.4. The summed E-state index contributed by atoms with van der Waals surface area (Å²) in [6, 6.07) is 17.6. The van der Waals surface area contributed by atoms with Gasteiger partial charge in [0.25, 0.3) is 11.8 Å². The summed E-state index contributed by atoms with van der Waals surface area (Å²) in [6.45, 7) is -1.16. The average molecular weight is 715 g/mol. The first-order valence-electron chi connectivity index (χ1n) is 14.5. The molecule has 10 nitrogen and oxygen atoms in total. The standard InChI is InChI=1S/C35H27ClF4N2O8/c1-42(2)31(45)25-16-20(17-26(43)50-18-34(32(46)47,33(48)49)21-8-4-3-5-9-21)28(37)27(36)29(25)41-30(44)24-11-7-6-10-23(24)19-12-14-22(15-13-19)35(38,39)40/h3-16H,17-18H2,1-2H3,(H,41,44)(H,46,47)(H,48,49). The number of esters is 1. The van der Waals surface area contributed by atoms with Gasteiger partial charge >= 0.3 is 24.1 Å². The third kappa shape index (κ3) is 7.60. The molecule has 50 heavy (non-hydrogen) atoms. The number of ether oxygens (including phenoxy) is 1. The molecule has 0 saturated carbocycles. The highest BCUT2D eigenvalue weighted by atomic mass is 35.5. The first-order valence-corrected chi connectivity index (χ1v) is 14.8. The molecule has 0 aliphatic carbocycles. The van der Waals surface area contributed by atoms with E-state index in [1.54, 1.807) is 6.07 Å². The number of nitrogens with one attached hydrogen (secondary N) is 1. The molecule has 260 valence electrons. The van der Waals surface area contributed by atoms with Crippen molar-refractivity contribution in [3.63, 3.8) is 0 Å². The highest BCUT2D eigenvalue weighted by molar-refractivity contribution is 6.35. The van der Waals surface area contributed by atoms with E-state index >= 15 is 4.39 Å². The van der Waals surface area contributed by atoms with Gasteiger partial charge in [0.1, 0.15) is 17.4 Å². The summed E-state index contributed by atoms with van der Waals surface area (Å²) in [5, 5.41) is 21.3. The summed E-state index contributed by atoms with van der Waals surface area (Å²) >= 11 is 6.32. The molecule has 0 radical (unpaired) electrons. The third-order valence-corrected chi connectivity index (χ3v) is 7.99. The lowest BCUT2D eigenvalue weighted by molar-refractivity contribution is -0.164. The van der Waals surface area contributed by atoms with E-state index in [-0.39, 0.29) is 27.8 Å². The van der Waals surface area contributed by atoms with Crippen LogP contribution in [0.1, 0.15) is 37.4 Å². The summed E-state index contributed by atoms with van der Waals surface area (Å²) in [4.78, 5) is 64.9. The van der Waals surface area contributed by atoms with Crippen LogP contribution in [0.25, 0.3) is 11.1 Å². The van der Waals surface area contributed by atoms with Crippen LogP contribution in [0, 0.1) is 5.82 Å². The molecule has 0 unspecified atom stereocenters. The molecule has 0 aromatic heterocycles. The number of alkyl halides is 3. The Kier molecular flexibility index (Phi) is 11.0. The van der Waals surface area contributed by atoms with Crippen LogP contribution in [0.2, 0.25) is 5.02 Å². The SMILES string of the molecule is CN(C)C(=O)c1cc(CC(=O)OCC(C(=O)O)(C(=O)O)c2ccccc2)c(F)c(Cl)c1NC(=O)c1ccccc1-c1ccc(C(F)(F)F)cc1. The monoisotopic (exact) mass is 714 g/mol. The number of aliphatic carboxylic acids is 2. The molecule has 4 aromatic carbocycles. The Balaban J connectivity index is 1.66. The van der Waals surface area contributed by atoms with Crippen LogP contribution in [0.5, 0.6) is 0 Å². The van der Waals surface area contributed by atoms with Crippen LogP contribution in [0.4, 0.5) is 23.2 Å². The maximum Gasteiger partial charge on any atom is 0.416 e. The zero-order valence-electron chi connectivity index (χ0n) is 26.2. The first kappa shape index (κ1) is 37.1. The van der Waals surface area contributed by atoms with Gasteiger partial charge in [-0.15, -0.1) is 0 Å². The number of hydrogen-bond acceptors (Lipinski definition) is 6. The van der Waals surface area contributed by atoms with Crippen LogP contribution in [0.15, 0.2) is 84.9 Å². The van der Waals surface area contributed by atoms with E-state index in [0.717, 1.165) is 23.1 Å². The molecule has 3 N–H and O–H groups in total. The Labute approximate surface area is 286 Å². The van der Waals surface area contributed by atoms with Gasteiger partial charge in [-0.05, 0) is 41.0 Å². The predicted molar refractivity (Wildman–Crippen MR) is 172 cm³/mol. The maximum atomic E-state index is 15.7. The predicted octanol–water partition coefficient (Wildman–Crippen LogP) is 6.31. The van der Waals surface area contributed by atoms with Crippen LogP contribution in [0.3, 0.4) is 0 Å². The number of anilines is 1. The fourth-order valence-corrected chi connectivity index (χ4v) is 5.23. The van der Waals surface area contributed by atoms with Crippen molar-refractivity contribution in [1.29, 1.82) is 0 Å². The van der Waals surface area contributed by atoms with Crippen LogP contribution in [-0.4, -0.2) is 65.5 Å². The highest BCUT2D eigenvalue weighted by Crippen LogP contribution is 2.36. The van der Waals surface area contributed by atoms with Crippen molar-refractivity contribution in [1.82, 2.24) is 4.90 Å². The van der Waals surface area contributed by atoms with E-state index in [2.05, 4.69) is 5.32 Å². The highest BCUT2D eigenvalue weighted by Gasteiger charge is 2.50. The van der Waals surface area contributed by atoms with Crippen LogP contribution >= 0.6 is 11.6 Å². The van der Waals surface area contributed by atoms with E-state index in [4.69, 9.17) is 16.3 Å². The van der Waals surface area contributed by atoms with Gasteiger partial charge in [-0.3, -0.25) is 24.0 Å². The molecular weight excluding hydrogens is 688 g/mol. The van der Waals surface area contributed by atoms with Gasteiger partial charge in [-0.2, -0.15) is 13.2 Å². The number of hydrogen-bond donors (Lipinski definition) is 3. The molecule has 4 rings (SSSR count). The fourth-order valence-electron chi connectivity index (χ4n) is 4.95. The van der Waals surface area contributed by atoms with E-state index in [0.29, 0.717) is 0 Å². The molecule has 0 spiro atoms. The number of carboxylic acid groups (broad SMARTS) is 2. The molecule has 0 saturated heterocycles. The Morgan fingerprint density at radius 3 is 1.96 bits per heavy atom. The Morgan fingerprint density at radius 1 is 0.820 bits per heavy atom. The van der Waals surface area contributed by atoms with Crippen molar-refractivity contribution < 1.29 is 56.5 Å². The number of carboxylic acids is 2. The van der Waals surface area contributed by atoms with E-state index in [1.165, 1.54) is 74.8 Å². The van der Waals surface area contributed by atoms with Crippen molar-refractivity contribution in [2.24, 2.45) is 0 Å². The number of carbonyl (C=O) groups is 5. The summed E-state index contributed by atoms with van der Waals surface area (Å²) in [5.74, 6) is -7.84. The lowest BCUT2D eigenvalue weighted by atomic mass is 9.81. The second-order valence-corrected chi connectivity index (χ2v) is 11.5. The quantitative estimate of drug-likeness (QED) is 0.0930. The van der Waals surface area contributed by atoms with Gasteiger partial charge in [-0.1, -0.05) is 72.3 Å². The number of nitrogens with zero attached hydrogens (tertiary/aromatic N) is 1. The summed E-state index contributed by atoms with van der Waals surface area (Å²) in [7, 11) is 2.69. The molecule has 0 heterocycles. The fraction of sp³-hybridized carbons (Fsp3) is 0.171. The summed E-state index contributed by atoms with van der Waals surface area (Å²) in [5.41, 5.74) is -4.72. The van der Waals surface area contributed by atoms with Gasteiger partial charge in [0.05, 0.1) is 23.2 Å². The van der Waals surface area contributed by atoms with Crippen molar-refractivity contribution in [2.75, 3.05) is 26.0 Å². The largest absolute Gasteiger partial charge is 0.480 e. The van der Waals surface area contributed by atoms with Gasteiger partial charge in [-0.25, -0.2) is 4.39 Å². The Morgan fingerprint density at radius 2 is 1.40 bits per heavy atom. The number of benzene rings is 4. The lowest BCUT2D eigenvalue weighted by Gasteiger charge is -2.25. The zero-order chi connectivity index (χ0) is 37.0. The van der Waals surface area contributed by atoms with Crippen molar-refractivity contribution in [2.45, 2.75) is 18.0 Å². The minimum Gasteiger partial charge on any atom is -0.480 e. The van der Waals surface area contributed by atoms with Crippen LogP contribution in [-0.2, 0) is 37.1 Å². The smallest absolute Gasteiger partial charge is 0.416 e. The van der Waals surface area contributed by atoms with Crippen molar-refractivity contribution in [3.05, 3.63) is 124 Å². The average Bonchev–Trinajstić information content (AvgIpc) is 3.07. The molecule has 2 amide bonds. The summed E-state index contributed by atoms with van der Waals surface area (Å²) in [6.07, 6.45) is -5.51. The third-order valence-electron chi connectivity index (χ3n) is 7.63. The van der Waals surface area contributed by atoms with E-state index in [1.807, 2.05) is 0 Å². The molecule has 0 fully saturated rings. The molecule has 0 bridgehead atoms. The molecule has 15 heteroatoms. The molecule has 0 aliphatic rings. The number of carbonyl (C=O) groups excluding carboxylic acids is 3. The van der Waals surface area contributed by atoms with Gasteiger partial charge in [0.15, 0.2) is 0 Å². The minimum atomic E-state index is -4.59. The number of rotatable bonds is 11. The molecular formula is C35H27ClF4N2O8. The Bertz CT molecular complexity index is 1950. The van der Waals surface area contributed by atoms with Crippen LogP contribution < -0.4 is 5.32 Å². The van der Waals surface area contributed by atoms with Gasteiger partial charge in [0.2, 0.25) is 5.41 Å². The van der Waals surface area contributed by atoms with Gasteiger partial charge < -0.3 is 25.2 Å². The maximum absolute atomic E-state index is 15.7. The second kappa shape index (κ2) is 14.8. The van der Waals surface area contributed by atoms with E-state index in [9.17, 15) is 47.4 Å². The number of halogens is 5. The van der Waals surface area contributed by atoms with Crippen molar-refractivity contribution in [3.8, 4) is 11.1 Å².